The summed E-state index contributed by atoms with van der Waals surface area (Å²) in [7, 11) is 0. The summed E-state index contributed by atoms with van der Waals surface area (Å²) >= 11 is 3.53. The molecule has 4 heteroatoms. The summed E-state index contributed by atoms with van der Waals surface area (Å²) in [4.78, 5) is 10.4. The summed E-state index contributed by atoms with van der Waals surface area (Å²) in [6.45, 7) is 4.94. The van der Waals surface area contributed by atoms with Crippen LogP contribution in [0.15, 0.2) is 0 Å². The lowest BCUT2D eigenvalue weighted by Crippen LogP contribution is -2.36. The van der Waals surface area contributed by atoms with E-state index in [1.165, 1.54) is 0 Å². The predicted octanol–water partition coefficient (Wildman–Crippen LogP) is 0.796. The van der Waals surface area contributed by atoms with Crippen molar-refractivity contribution in [1.29, 1.82) is 0 Å². The number of nitrogens with two attached hydrogens (primary N) is 1. The fourth-order valence-electron chi connectivity index (χ4n) is 0.927. The zero-order chi connectivity index (χ0) is 9.98. The second kappa shape index (κ2) is 10.8. The molecule has 1 amide bonds. The molecule has 1 heterocycles. The normalized spacial score (nSPS) is 19.8. The van der Waals surface area contributed by atoms with Crippen molar-refractivity contribution in [3.8, 4) is 0 Å². The van der Waals surface area contributed by atoms with Crippen molar-refractivity contribution in [2.45, 2.75) is 32.7 Å². The molecule has 0 aliphatic carbocycles. The Balaban J connectivity index is 0. The summed E-state index contributed by atoms with van der Waals surface area (Å²) < 4.78 is 0. The highest BCUT2D eigenvalue weighted by atomic mass is 32.1. The second-order valence-electron chi connectivity index (χ2n) is 2.05. The maximum atomic E-state index is 10.4. The highest BCUT2D eigenvalue weighted by Crippen LogP contribution is 2.02. The maximum absolute atomic E-state index is 10.4. The summed E-state index contributed by atoms with van der Waals surface area (Å²) in [5, 5.41) is 2.98. The molecule has 3 N–H and O–H groups in total. The van der Waals surface area contributed by atoms with E-state index in [0.717, 1.165) is 19.4 Å². The number of hydrogen-bond donors (Lipinski definition) is 3. The van der Waals surface area contributed by atoms with Crippen molar-refractivity contribution in [2.75, 3.05) is 12.8 Å². The van der Waals surface area contributed by atoms with Crippen LogP contribution >= 0.6 is 12.6 Å². The van der Waals surface area contributed by atoms with E-state index in [1.54, 1.807) is 6.26 Å². The third kappa shape index (κ3) is 6.49. The molecule has 12 heavy (non-hydrogen) atoms. The van der Waals surface area contributed by atoms with Gasteiger partial charge in [-0.05, 0) is 25.6 Å². The number of thiol groups is 1. The highest BCUT2D eigenvalue weighted by Gasteiger charge is 2.18. The van der Waals surface area contributed by atoms with Crippen LogP contribution in [0.2, 0.25) is 0 Å². The molecule has 0 unspecified atom stereocenters. The number of primary amides is 1. The molecular formula is C8H20N2OS. The fraction of sp³-hybridized carbons (Fsp3) is 0.875. The van der Waals surface area contributed by atoms with Crippen molar-refractivity contribution in [3.05, 3.63) is 0 Å². The van der Waals surface area contributed by atoms with Crippen LogP contribution in [-0.2, 0) is 4.79 Å². The molecule has 1 atom stereocenters. The number of carbonyl (C=O) groups is 1. The first kappa shape index (κ1) is 14.3. The summed E-state index contributed by atoms with van der Waals surface area (Å²) in [5.41, 5.74) is 5.00. The van der Waals surface area contributed by atoms with Crippen LogP contribution in [0.1, 0.15) is 26.7 Å². The molecular weight excluding hydrogens is 172 g/mol. The van der Waals surface area contributed by atoms with E-state index < -0.39 is 0 Å². The van der Waals surface area contributed by atoms with Crippen molar-refractivity contribution < 1.29 is 4.79 Å². The van der Waals surface area contributed by atoms with Gasteiger partial charge in [-0.3, -0.25) is 4.79 Å². The van der Waals surface area contributed by atoms with Gasteiger partial charge in [0.1, 0.15) is 0 Å². The minimum atomic E-state index is -0.220. The zero-order valence-electron chi connectivity index (χ0n) is 8.13. The van der Waals surface area contributed by atoms with Crippen LogP contribution in [-0.4, -0.2) is 24.7 Å². The predicted molar refractivity (Wildman–Crippen MR) is 56.5 cm³/mol. The highest BCUT2D eigenvalue weighted by molar-refractivity contribution is 7.79. The van der Waals surface area contributed by atoms with E-state index in [2.05, 4.69) is 17.9 Å². The second-order valence-corrected chi connectivity index (χ2v) is 2.05. The Hall–Kier alpha value is -0.220. The van der Waals surface area contributed by atoms with E-state index in [-0.39, 0.29) is 11.9 Å². The minimum absolute atomic E-state index is 0.0463. The Bertz CT molecular complexity index is 103. The Labute approximate surface area is 80.5 Å². The fourth-order valence-corrected chi connectivity index (χ4v) is 0.927. The van der Waals surface area contributed by atoms with Crippen LogP contribution < -0.4 is 11.1 Å². The van der Waals surface area contributed by atoms with Gasteiger partial charge in [0, 0.05) is 0 Å². The van der Waals surface area contributed by atoms with Gasteiger partial charge in [0.2, 0.25) is 5.91 Å². The molecule has 3 nitrogen and oxygen atoms in total. The van der Waals surface area contributed by atoms with Gasteiger partial charge in [0.05, 0.1) is 6.04 Å². The lowest BCUT2D eigenvalue weighted by molar-refractivity contribution is -0.119. The number of rotatable bonds is 1. The molecule has 1 rings (SSSR count). The third-order valence-electron chi connectivity index (χ3n) is 1.40. The monoisotopic (exact) mass is 192 g/mol. The smallest absolute Gasteiger partial charge is 0.234 e. The average Bonchev–Trinajstić information content (AvgIpc) is 2.64. The standard InChI is InChI=1S/C5H10N2O.C2H6.CH4S/c6-5(8)4-2-1-3-7-4;2*1-2/h4,7H,1-3H2,(H2,6,8);1-2H3;2H,1H3/t4-;;/m0../s1. The minimum Gasteiger partial charge on any atom is -0.368 e. The van der Waals surface area contributed by atoms with Gasteiger partial charge in [-0.25, -0.2) is 0 Å². The Kier molecular flexibility index (Phi) is 12.9. The van der Waals surface area contributed by atoms with Crippen molar-refractivity contribution >= 4 is 18.5 Å². The first-order valence-corrected chi connectivity index (χ1v) is 5.17. The number of nitrogens with one attached hydrogen (secondary N) is 1. The SMILES string of the molecule is CC.CS.NC(=O)[C@@H]1CCCN1. The van der Waals surface area contributed by atoms with E-state index in [4.69, 9.17) is 5.73 Å². The van der Waals surface area contributed by atoms with Gasteiger partial charge in [0.25, 0.3) is 0 Å². The molecule has 0 saturated carbocycles. The average molecular weight is 192 g/mol. The van der Waals surface area contributed by atoms with Gasteiger partial charge in [-0.1, -0.05) is 13.8 Å². The molecule has 1 aliphatic heterocycles. The molecule has 0 spiro atoms. The summed E-state index contributed by atoms with van der Waals surface area (Å²) in [6, 6.07) is -0.0463. The van der Waals surface area contributed by atoms with Crippen molar-refractivity contribution in [2.24, 2.45) is 5.73 Å². The molecule has 0 bridgehead atoms. The molecule has 1 aliphatic rings. The maximum Gasteiger partial charge on any atom is 0.234 e. The largest absolute Gasteiger partial charge is 0.368 e. The van der Waals surface area contributed by atoms with Crippen LogP contribution in [0.25, 0.3) is 0 Å². The lowest BCUT2D eigenvalue weighted by atomic mass is 10.2. The van der Waals surface area contributed by atoms with Crippen LogP contribution in [0.3, 0.4) is 0 Å². The quantitative estimate of drug-likeness (QED) is 0.538. The number of amides is 1. The molecule has 0 aromatic carbocycles. The Morgan fingerprint density at radius 2 is 2.00 bits per heavy atom. The van der Waals surface area contributed by atoms with Crippen molar-refractivity contribution in [1.82, 2.24) is 5.32 Å². The lowest BCUT2D eigenvalue weighted by Gasteiger charge is -2.01. The molecule has 0 aromatic heterocycles. The van der Waals surface area contributed by atoms with Crippen LogP contribution in [0.5, 0.6) is 0 Å². The van der Waals surface area contributed by atoms with Gasteiger partial charge >= 0.3 is 0 Å². The third-order valence-corrected chi connectivity index (χ3v) is 1.40. The van der Waals surface area contributed by atoms with E-state index in [0.29, 0.717) is 0 Å². The molecule has 0 aromatic rings. The van der Waals surface area contributed by atoms with Gasteiger partial charge < -0.3 is 11.1 Å². The topological polar surface area (TPSA) is 55.1 Å². The Morgan fingerprint density at radius 1 is 1.50 bits per heavy atom. The Morgan fingerprint density at radius 3 is 2.17 bits per heavy atom. The number of hydrogen-bond acceptors (Lipinski definition) is 3. The molecule has 74 valence electrons. The zero-order valence-corrected chi connectivity index (χ0v) is 9.03. The molecule has 1 fully saturated rings. The van der Waals surface area contributed by atoms with Crippen LogP contribution in [0, 0.1) is 0 Å². The summed E-state index contributed by atoms with van der Waals surface area (Å²) in [6.07, 6.45) is 3.68. The van der Waals surface area contributed by atoms with Crippen LogP contribution in [0.4, 0.5) is 0 Å². The summed E-state index contributed by atoms with van der Waals surface area (Å²) in [5.74, 6) is -0.220. The van der Waals surface area contributed by atoms with Gasteiger partial charge in [-0.15, -0.1) is 0 Å². The van der Waals surface area contributed by atoms with Gasteiger partial charge in [-0.2, -0.15) is 12.6 Å². The van der Waals surface area contributed by atoms with E-state index >= 15 is 0 Å². The van der Waals surface area contributed by atoms with E-state index in [1.807, 2.05) is 13.8 Å². The van der Waals surface area contributed by atoms with E-state index in [9.17, 15) is 4.79 Å². The van der Waals surface area contributed by atoms with Gasteiger partial charge in [0.15, 0.2) is 0 Å². The first-order valence-electron chi connectivity index (χ1n) is 4.28. The number of carbonyl (C=O) groups excluding carboxylic acids is 1. The molecule has 0 radical (unpaired) electrons. The molecule has 1 saturated heterocycles. The van der Waals surface area contributed by atoms with Crippen molar-refractivity contribution in [3.63, 3.8) is 0 Å². The first-order chi connectivity index (χ1) is 5.80.